The molecular weight excluding hydrogens is 356 g/mol. The van der Waals surface area contributed by atoms with Gasteiger partial charge in [0, 0.05) is 34.1 Å². The SMILES string of the molecule is Cc1c(C)c2ccc(OCC(=O)NC3CC(C)(C)NC(C)(C)C3)cc2oc1=O. The number of piperidine rings is 1. The van der Waals surface area contributed by atoms with Crippen molar-refractivity contribution in [1.29, 1.82) is 0 Å². The topological polar surface area (TPSA) is 80.6 Å². The van der Waals surface area contributed by atoms with Crippen LogP contribution in [0.1, 0.15) is 51.7 Å². The molecule has 0 aliphatic carbocycles. The minimum atomic E-state index is -0.351. The number of hydrogen-bond donors (Lipinski definition) is 2. The third-order valence-corrected chi connectivity index (χ3v) is 5.35. The molecule has 0 atom stereocenters. The van der Waals surface area contributed by atoms with Gasteiger partial charge in [0.25, 0.3) is 5.91 Å². The van der Waals surface area contributed by atoms with Crippen LogP contribution < -0.4 is 21.0 Å². The Kier molecular flexibility index (Phi) is 5.28. The predicted molar refractivity (Wildman–Crippen MR) is 110 cm³/mol. The van der Waals surface area contributed by atoms with E-state index in [1.807, 2.05) is 13.0 Å². The average molecular weight is 386 g/mol. The Bertz CT molecular complexity index is 943. The molecule has 1 fully saturated rings. The van der Waals surface area contributed by atoms with Crippen LogP contribution in [0.15, 0.2) is 27.4 Å². The van der Waals surface area contributed by atoms with E-state index in [4.69, 9.17) is 9.15 Å². The van der Waals surface area contributed by atoms with E-state index in [0.717, 1.165) is 23.8 Å². The monoisotopic (exact) mass is 386 g/mol. The van der Waals surface area contributed by atoms with Crippen molar-refractivity contribution in [3.63, 3.8) is 0 Å². The molecule has 1 aromatic heterocycles. The molecule has 6 nitrogen and oxygen atoms in total. The zero-order valence-electron chi connectivity index (χ0n) is 17.6. The van der Waals surface area contributed by atoms with Gasteiger partial charge in [-0.3, -0.25) is 4.79 Å². The predicted octanol–water partition coefficient (Wildman–Crippen LogP) is 3.21. The molecule has 1 amide bonds. The van der Waals surface area contributed by atoms with Crippen molar-refractivity contribution in [2.24, 2.45) is 0 Å². The van der Waals surface area contributed by atoms with E-state index in [0.29, 0.717) is 16.9 Å². The molecule has 1 aliphatic rings. The first-order valence-corrected chi connectivity index (χ1v) is 9.71. The van der Waals surface area contributed by atoms with Gasteiger partial charge in [0.15, 0.2) is 6.61 Å². The van der Waals surface area contributed by atoms with Gasteiger partial charge in [-0.25, -0.2) is 4.79 Å². The van der Waals surface area contributed by atoms with Gasteiger partial charge < -0.3 is 19.8 Å². The lowest BCUT2D eigenvalue weighted by Crippen LogP contribution is -2.62. The van der Waals surface area contributed by atoms with Crippen molar-refractivity contribution in [2.45, 2.75) is 71.5 Å². The maximum absolute atomic E-state index is 12.4. The van der Waals surface area contributed by atoms with Gasteiger partial charge in [0.2, 0.25) is 0 Å². The number of carbonyl (C=O) groups is 1. The highest BCUT2D eigenvalue weighted by molar-refractivity contribution is 5.82. The second kappa shape index (κ2) is 7.24. The van der Waals surface area contributed by atoms with E-state index in [-0.39, 0.29) is 35.3 Å². The van der Waals surface area contributed by atoms with Crippen LogP contribution in [-0.2, 0) is 4.79 Å². The molecule has 1 aromatic carbocycles. The Morgan fingerprint density at radius 1 is 1.18 bits per heavy atom. The lowest BCUT2D eigenvalue weighted by molar-refractivity contribution is -0.124. The van der Waals surface area contributed by atoms with Gasteiger partial charge in [-0.05, 0) is 72.1 Å². The van der Waals surface area contributed by atoms with E-state index >= 15 is 0 Å². The molecule has 0 saturated carbocycles. The van der Waals surface area contributed by atoms with Crippen molar-refractivity contribution in [1.82, 2.24) is 10.6 Å². The molecule has 3 rings (SSSR count). The minimum Gasteiger partial charge on any atom is -0.484 e. The molecule has 2 heterocycles. The summed E-state index contributed by atoms with van der Waals surface area (Å²) in [6.07, 6.45) is 1.73. The van der Waals surface area contributed by atoms with Crippen molar-refractivity contribution in [3.05, 3.63) is 39.7 Å². The Hall–Kier alpha value is -2.34. The van der Waals surface area contributed by atoms with E-state index in [1.165, 1.54) is 0 Å². The fourth-order valence-electron chi connectivity index (χ4n) is 4.36. The highest BCUT2D eigenvalue weighted by atomic mass is 16.5. The largest absolute Gasteiger partial charge is 0.484 e. The summed E-state index contributed by atoms with van der Waals surface area (Å²) in [4.78, 5) is 24.3. The number of hydrogen-bond acceptors (Lipinski definition) is 5. The summed E-state index contributed by atoms with van der Waals surface area (Å²) < 4.78 is 11.0. The summed E-state index contributed by atoms with van der Waals surface area (Å²) >= 11 is 0. The third kappa shape index (κ3) is 4.55. The maximum Gasteiger partial charge on any atom is 0.339 e. The molecule has 0 bridgehead atoms. The van der Waals surface area contributed by atoms with Gasteiger partial charge in [0.1, 0.15) is 11.3 Å². The van der Waals surface area contributed by atoms with E-state index < -0.39 is 0 Å². The first kappa shape index (κ1) is 20.4. The van der Waals surface area contributed by atoms with Crippen LogP contribution in [0.5, 0.6) is 5.75 Å². The first-order chi connectivity index (χ1) is 13.0. The standard InChI is InChI=1S/C22H30N2O4/c1-13-14(2)20(26)28-18-9-16(7-8-17(13)18)27-12-19(25)23-15-10-21(3,4)24-22(5,6)11-15/h7-9,15,24H,10-12H2,1-6H3,(H,23,25). The summed E-state index contributed by atoms with van der Waals surface area (Å²) in [7, 11) is 0. The molecule has 2 N–H and O–H groups in total. The van der Waals surface area contributed by atoms with Gasteiger partial charge in [-0.1, -0.05) is 0 Å². The molecule has 1 saturated heterocycles. The number of ether oxygens (including phenoxy) is 1. The van der Waals surface area contributed by atoms with E-state index in [9.17, 15) is 9.59 Å². The van der Waals surface area contributed by atoms with E-state index in [2.05, 4.69) is 38.3 Å². The molecule has 152 valence electrons. The highest BCUT2D eigenvalue weighted by Gasteiger charge is 2.38. The number of benzene rings is 1. The Balaban J connectivity index is 1.65. The molecule has 28 heavy (non-hydrogen) atoms. The van der Waals surface area contributed by atoms with Gasteiger partial charge in [-0.2, -0.15) is 0 Å². The Labute approximate surface area is 165 Å². The lowest BCUT2D eigenvalue weighted by atomic mass is 9.79. The van der Waals surface area contributed by atoms with E-state index in [1.54, 1.807) is 19.1 Å². The molecule has 0 unspecified atom stereocenters. The van der Waals surface area contributed by atoms with Gasteiger partial charge in [0.05, 0.1) is 0 Å². The summed E-state index contributed by atoms with van der Waals surface area (Å²) in [6, 6.07) is 5.40. The smallest absolute Gasteiger partial charge is 0.339 e. The first-order valence-electron chi connectivity index (χ1n) is 9.71. The van der Waals surface area contributed by atoms with Crippen LogP contribution in [0.2, 0.25) is 0 Å². The molecular formula is C22H30N2O4. The van der Waals surface area contributed by atoms with Crippen molar-refractivity contribution in [2.75, 3.05) is 6.61 Å². The number of amides is 1. The molecule has 1 aliphatic heterocycles. The third-order valence-electron chi connectivity index (χ3n) is 5.35. The number of fused-ring (bicyclic) bond motifs is 1. The highest BCUT2D eigenvalue weighted by Crippen LogP contribution is 2.28. The van der Waals surface area contributed by atoms with Crippen molar-refractivity contribution in [3.8, 4) is 5.75 Å². The molecule has 2 aromatic rings. The zero-order valence-corrected chi connectivity index (χ0v) is 17.6. The molecule has 0 spiro atoms. The van der Waals surface area contributed by atoms with Crippen molar-refractivity contribution >= 4 is 16.9 Å². The number of aryl methyl sites for hydroxylation is 1. The fourth-order valence-corrected chi connectivity index (χ4v) is 4.36. The number of nitrogens with one attached hydrogen (secondary N) is 2. The number of carbonyl (C=O) groups excluding carboxylic acids is 1. The second-order valence-corrected chi connectivity index (χ2v) is 9.15. The van der Waals surface area contributed by atoms with Gasteiger partial charge in [-0.15, -0.1) is 0 Å². The van der Waals surface area contributed by atoms with Crippen LogP contribution >= 0.6 is 0 Å². The fraction of sp³-hybridized carbons (Fsp3) is 0.545. The lowest BCUT2D eigenvalue weighted by Gasteiger charge is -2.46. The molecule has 6 heteroatoms. The molecule has 0 radical (unpaired) electrons. The van der Waals surface area contributed by atoms with Crippen LogP contribution in [0.4, 0.5) is 0 Å². The Morgan fingerprint density at radius 2 is 1.82 bits per heavy atom. The average Bonchev–Trinajstić information content (AvgIpc) is 2.55. The maximum atomic E-state index is 12.4. The normalized spacial score (nSPS) is 18.8. The van der Waals surface area contributed by atoms with Crippen LogP contribution in [0.25, 0.3) is 11.0 Å². The zero-order chi connectivity index (χ0) is 20.7. The summed E-state index contributed by atoms with van der Waals surface area (Å²) in [6.45, 7) is 12.2. The van der Waals surface area contributed by atoms with Crippen LogP contribution in [0.3, 0.4) is 0 Å². The summed E-state index contributed by atoms with van der Waals surface area (Å²) in [5.74, 6) is 0.347. The number of rotatable bonds is 4. The Morgan fingerprint density at radius 3 is 2.46 bits per heavy atom. The summed E-state index contributed by atoms with van der Waals surface area (Å²) in [5, 5.41) is 7.56. The van der Waals surface area contributed by atoms with Crippen LogP contribution in [0, 0.1) is 13.8 Å². The minimum absolute atomic E-state index is 0.0353. The van der Waals surface area contributed by atoms with Crippen LogP contribution in [-0.4, -0.2) is 29.6 Å². The second-order valence-electron chi connectivity index (χ2n) is 9.15. The van der Waals surface area contributed by atoms with Gasteiger partial charge >= 0.3 is 5.63 Å². The summed E-state index contributed by atoms with van der Waals surface area (Å²) in [5.41, 5.74) is 1.54. The van der Waals surface area contributed by atoms with Crippen molar-refractivity contribution < 1.29 is 13.9 Å². The quantitative estimate of drug-likeness (QED) is 0.789.